The SMILES string of the molecule is Cl/C=C/CNc1ccc(N2CCCC2)cc1. The summed E-state index contributed by atoms with van der Waals surface area (Å²) in [5, 5.41) is 3.27. The quantitative estimate of drug-likeness (QED) is 0.862. The van der Waals surface area contributed by atoms with Crippen LogP contribution in [0.2, 0.25) is 0 Å². The fourth-order valence-corrected chi connectivity index (χ4v) is 2.08. The van der Waals surface area contributed by atoms with Crippen molar-refractivity contribution in [3.05, 3.63) is 35.9 Å². The lowest BCUT2D eigenvalue weighted by atomic mass is 10.2. The van der Waals surface area contributed by atoms with Crippen molar-refractivity contribution in [1.82, 2.24) is 0 Å². The Bertz CT molecular complexity index is 339. The first kappa shape index (κ1) is 11.3. The number of hydrogen-bond donors (Lipinski definition) is 1. The standard InChI is InChI=1S/C13H17ClN2/c14-8-3-9-15-12-4-6-13(7-5-12)16-10-1-2-11-16/h3-8,15H,1-2,9-11H2/b8-3+. The lowest BCUT2D eigenvalue weighted by Crippen LogP contribution is -2.17. The summed E-state index contributed by atoms with van der Waals surface area (Å²) in [6, 6.07) is 8.60. The molecular weight excluding hydrogens is 220 g/mol. The number of anilines is 2. The second kappa shape index (κ2) is 5.80. The number of nitrogens with zero attached hydrogens (tertiary/aromatic N) is 1. The lowest BCUT2D eigenvalue weighted by Gasteiger charge is -2.17. The van der Waals surface area contributed by atoms with Crippen LogP contribution in [0.4, 0.5) is 11.4 Å². The zero-order valence-electron chi connectivity index (χ0n) is 9.32. The molecule has 1 aromatic rings. The summed E-state index contributed by atoms with van der Waals surface area (Å²) >= 11 is 5.45. The van der Waals surface area contributed by atoms with Crippen LogP contribution in [0.1, 0.15) is 12.8 Å². The van der Waals surface area contributed by atoms with Gasteiger partial charge in [-0.05, 0) is 37.1 Å². The molecule has 1 N–H and O–H groups in total. The lowest BCUT2D eigenvalue weighted by molar-refractivity contribution is 0.949. The first-order valence-electron chi connectivity index (χ1n) is 5.74. The van der Waals surface area contributed by atoms with E-state index in [4.69, 9.17) is 11.6 Å². The summed E-state index contributed by atoms with van der Waals surface area (Å²) in [7, 11) is 0. The van der Waals surface area contributed by atoms with Gasteiger partial charge in [0, 0.05) is 36.5 Å². The van der Waals surface area contributed by atoms with Crippen LogP contribution in [0.3, 0.4) is 0 Å². The van der Waals surface area contributed by atoms with Gasteiger partial charge in [0.25, 0.3) is 0 Å². The van der Waals surface area contributed by atoms with E-state index in [2.05, 4.69) is 34.5 Å². The van der Waals surface area contributed by atoms with E-state index in [9.17, 15) is 0 Å². The second-order valence-electron chi connectivity index (χ2n) is 3.98. The van der Waals surface area contributed by atoms with Crippen molar-refractivity contribution >= 4 is 23.0 Å². The number of hydrogen-bond acceptors (Lipinski definition) is 2. The maximum atomic E-state index is 5.45. The summed E-state index contributed by atoms with van der Waals surface area (Å²) < 4.78 is 0. The molecule has 0 aliphatic carbocycles. The topological polar surface area (TPSA) is 15.3 Å². The van der Waals surface area contributed by atoms with Gasteiger partial charge in [-0.3, -0.25) is 0 Å². The Hall–Kier alpha value is -1.15. The Morgan fingerprint density at radius 1 is 1.19 bits per heavy atom. The highest BCUT2D eigenvalue weighted by Gasteiger charge is 2.11. The van der Waals surface area contributed by atoms with Gasteiger partial charge in [0.15, 0.2) is 0 Å². The van der Waals surface area contributed by atoms with E-state index in [1.54, 1.807) is 0 Å². The number of rotatable bonds is 4. The predicted octanol–water partition coefficient (Wildman–Crippen LogP) is 3.45. The molecule has 0 bridgehead atoms. The average molecular weight is 237 g/mol. The maximum absolute atomic E-state index is 5.45. The molecule has 1 aliphatic rings. The summed E-state index contributed by atoms with van der Waals surface area (Å²) in [6.45, 7) is 3.16. The van der Waals surface area contributed by atoms with Gasteiger partial charge < -0.3 is 10.2 Å². The summed E-state index contributed by atoms with van der Waals surface area (Å²) in [5.74, 6) is 0. The molecular formula is C13H17ClN2. The van der Waals surface area contributed by atoms with Crippen molar-refractivity contribution in [3.8, 4) is 0 Å². The van der Waals surface area contributed by atoms with Crippen molar-refractivity contribution in [2.75, 3.05) is 29.9 Å². The van der Waals surface area contributed by atoms with E-state index in [0.717, 1.165) is 12.2 Å². The number of benzene rings is 1. The van der Waals surface area contributed by atoms with Gasteiger partial charge in [0.05, 0.1) is 0 Å². The molecule has 1 fully saturated rings. The van der Waals surface area contributed by atoms with E-state index < -0.39 is 0 Å². The number of nitrogens with one attached hydrogen (secondary N) is 1. The van der Waals surface area contributed by atoms with Gasteiger partial charge in [0.2, 0.25) is 0 Å². The monoisotopic (exact) mass is 236 g/mol. The Morgan fingerprint density at radius 3 is 2.50 bits per heavy atom. The van der Waals surface area contributed by atoms with Gasteiger partial charge in [0.1, 0.15) is 0 Å². The van der Waals surface area contributed by atoms with Crippen molar-refractivity contribution in [2.45, 2.75) is 12.8 Å². The fraction of sp³-hybridized carbons (Fsp3) is 0.385. The molecule has 0 unspecified atom stereocenters. The molecule has 1 heterocycles. The number of halogens is 1. The second-order valence-corrected chi connectivity index (χ2v) is 4.24. The smallest absolute Gasteiger partial charge is 0.0367 e. The Balaban J connectivity index is 1.93. The van der Waals surface area contributed by atoms with Crippen LogP contribution in [0.15, 0.2) is 35.9 Å². The molecule has 2 rings (SSSR count). The Labute approximate surface area is 102 Å². The molecule has 0 aromatic heterocycles. The van der Waals surface area contributed by atoms with E-state index in [-0.39, 0.29) is 0 Å². The predicted molar refractivity (Wildman–Crippen MR) is 71.4 cm³/mol. The molecule has 1 aromatic carbocycles. The van der Waals surface area contributed by atoms with E-state index in [0.29, 0.717) is 0 Å². The molecule has 86 valence electrons. The van der Waals surface area contributed by atoms with Crippen LogP contribution in [-0.4, -0.2) is 19.6 Å². The highest BCUT2D eigenvalue weighted by Crippen LogP contribution is 2.21. The summed E-state index contributed by atoms with van der Waals surface area (Å²) in [6.07, 6.45) is 4.52. The van der Waals surface area contributed by atoms with Crippen molar-refractivity contribution < 1.29 is 0 Å². The average Bonchev–Trinajstić information content (AvgIpc) is 2.84. The minimum Gasteiger partial charge on any atom is -0.382 e. The molecule has 0 atom stereocenters. The molecule has 0 spiro atoms. The van der Waals surface area contributed by atoms with Gasteiger partial charge in [-0.25, -0.2) is 0 Å². The van der Waals surface area contributed by atoms with Crippen molar-refractivity contribution in [2.24, 2.45) is 0 Å². The molecule has 3 heteroatoms. The molecule has 0 amide bonds. The maximum Gasteiger partial charge on any atom is 0.0367 e. The highest BCUT2D eigenvalue weighted by atomic mass is 35.5. The Kier molecular flexibility index (Phi) is 4.11. The van der Waals surface area contributed by atoms with Crippen LogP contribution in [0.5, 0.6) is 0 Å². The third kappa shape index (κ3) is 2.92. The molecule has 0 saturated carbocycles. The highest BCUT2D eigenvalue weighted by molar-refractivity contribution is 6.25. The summed E-state index contributed by atoms with van der Waals surface area (Å²) in [5.41, 5.74) is 4.00. The molecule has 0 radical (unpaired) electrons. The van der Waals surface area contributed by atoms with Gasteiger partial charge >= 0.3 is 0 Å². The van der Waals surface area contributed by atoms with Gasteiger partial charge in [-0.2, -0.15) is 0 Å². The molecule has 2 nitrogen and oxygen atoms in total. The minimum atomic E-state index is 0.770. The van der Waals surface area contributed by atoms with Crippen LogP contribution < -0.4 is 10.2 Å². The zero-order chi connectivity index (χ0) is 11.2. The van der Waals surface area contributed by atoms with Gasteiger partial charge in [-0.1, -0.05) is 17.7 Å². The van der Waals surface area contributed by atoms with Crippen molar-refractivity contribution in [3.63, 3.8) is 0 Å². The van der Waals surface area contributed by atoms with E-state index in [1.807, 2.05) is 6.08 Å². The zero-order valence-corrected chi connectivity index (χ0v) is 10.1. The van der Waals surface area contributed by atoms with Crippen LogP contribution >= 0.6 is 11.6 Å². The Morgan fingerprint density at radius 2 is 1.88 bits per heavy atom. The largest absolute Gasteiger partial charge is 0.382 e. The van der Waals surface area contributed by atoms with Gasteiger partial charge in [-0.15, -0.1) is 0 Å². The third-order valence-electron chi connectivity index (χ3n) is 2.85. The fourth-order valence-electron chi connectivity index (χ4n) is 1.99. The first-order chi connectivity index (χ1) is 7.90. The molecule has 16 heavy (non-hydrogen) atoms. The molecule has 1 aliphatic heterocycles. The van der Waals surface area contributed by atoms with Crippen molar-refractivity contribution in [1.29, 1.82) is 0 Å². The van der Waals surface area contributed by atoms with Crippen LogP contribution in [-0.2, 0) is 0 Å². The van der Waals surface area contributed by atoms with E-state index in [1.165, 1.54) is 37.2 Å². The minimum absolute atomic E-state index is 0.770. The summed E-state index contributed by atoms with van der Waals surface area (Å²) in [4.78, 5) is 2.43. The normalized spacial score (nSPS) is 15.9. The van der Waals surface area contributed by atoms with E-state index >= 15 is 0 Å². The van der Waals surface area contributed by atoms with Crippen LogP contribution in [0.25, 0.3) is 0 Å². The third-order valence-corrected chi connectivity index (χ3v) is 3.03. The van der Waals surface area contributed by atoms with Crippen LogP contribution in [0, 0.1) is 0 Å². The first-order valence-corrected chi connectivity index (χ1v) is 6.18. The molecule has 1 saturated heterocycles.